The van der Waals surface area contributed by atoms with Crippen LogP contribution < -0.4 is 15.0 Å². The minimum Gasteiger partial charge on any atom is -0.497 e. The number of aromatic nitrogens is 3. The summed E-state index contributed by atoms with van der Waals surface area (Å²) >= 11 is 0. The van der Waals surface area contributed by atoms with E-state index >= 15 is 0 Å². The number of rotatable bonds is 5. The predicted molar refractivity (Wildman–Crippen MR) is 82.8 cm³/mol. The highest BCUT2D eigenvalue weighted by atomic mass is 16.5. The van der Waals surface area contributed by atoms with Gasteiger partial charge in [-0.1, -0.05) is 17.3 Å². The molecule has 23 heavy (non-hydrogen) atoms. The summed E-state index contributed by atoms with van der Waals surface area (Å²) < 4.78 is 11.7. The molecule has 0 radical (unpaired) electrons. The van der Waals surface area contributed by atoms with Gasteiger partial charge < -0.3 is 9.47 Å². The molecule has 0 aliphatic heterocycles. The average molecular weight is 311 g/mol. The lowest BCUT2D eigenvalue weighted by molar-refractivity contribution is 0.111. The Balaban J connectivity index is 1.88. The lowest BCUT2D eigenvalue weighted by Gasteiger charge is -2.10. The molecule has 7 nitrogen and oxygen atoms in total. The molecule has 1 aromatic heterocycles. The van der Waals surface area contributed by atoms with Crippen molar-refractivity contribution in [3.8, 4) is 11.5 Å². The van der Waals surface area contributed by atoms with E-state index in [2.05, 4.69) is 10.3 Å². The highest BCUT2D eigenvalue weighted by Gasteiger charge is 2.08. The minimum atomic E-state index is -0.309. The molecule has 1 heterocycles. The van der Waals surface area contributed by atoms with Crippen molar-refractivity contribution >= 4 is 17.2 Å². The third kappa shape index (κ3) is 2.89. The molecule has 0 saturated heterocycles. The molecule has 3 aromatic rings. The highest BCUT2D eigenvalue weighted by Crippen LogP contribution is 2.22. The number of aldehydes is 1. The standard InChI is InChI=1S/C16H13N3O4/c1-22-12-6-7-15(11(8-12)9-20)23-10-19-16(21)13-4-2-3-5-14(13)17-18-19/h2-9H,10H2,1H3. The molecule has 0 saturated carbocycles. The first kappa shape index (κ1) is 14.7. The maximum Gasteiger partial charge on any atom is 0.280 e. The van der Waals surface area contributed by atoms with Gasteiger partial charge in [0.25, 0.3) is 5.56 Å². The van der Waals surface area contributed by atoms with E-state index in [-0.39, 0.29) is 12.3 Å². The maximum absolute atomic E-state index is 12.3. The highest BCUT2D eigenvalue weighted by molar-refractivity contribution is 5.80. The van der Waals surface area contributed by atoms with Gasteiger partial charge in [0, 0.05) is 0 Å². The predicted octanol–water partition coefficient (Wildman–Crippen LogP) is 1.65. The normalized spacial score (nSPS) is 10.5. The van der Waals surface area contributed by atoms with Crippen molar-refractivity contribution in [2.24, 2.45) is 0 Å². The molecular weight excluding hydrogens is 298 g/mol. The van der Waals surface area contributed by atoms with Crippen molar-refractivity contribution in [1.29, 1.82) is 0 Å². The number of carbonyl (C=O) groups excluding carboxylic acids is 1. The Hall–Kier alpha value is -3.22. The van der Waals surface area contributed by atoms with Crippen LogP contribution in [-0.4, -0.2) is 28.4 Å². The summed E-state index contributed by atoms with van der Waals surface area (Å²) in [5, 5.41) is 8.25. The molecule has 0 unspecified atom stereocenters. The number of benzene rings is 2. The first-order chi connectivity index (χ1) is 11.2. The van der Waals surface area contributed by atoms with E-state index in [1.807, 2.05) is 0 Å². The summed E-state index contributed by atoms with van der Waals surface area (Å²) in [7, 11) is 1.51. The molecule has 2 aromatic carbocycles. The fraction of sp³-hybridized carbons (Fsp3) is 0.125. The fourth-order valence-corrected chi connectivity index (χ4v) is 2.12. The molecule has 0 aliphatic carbocycles. The topological polar surface area (TPSA) is 83.3 Å². The van der Waals surface area contributed by atoms with Gasteiger partial charge in [-0.05, 0) is 30.3 Å². The van der Waals surface area contributed by atoms with E-state index in [0.29, 0.717) is 34.3 Å². The molecule has 0 atom stereocenters. The summed E-state index contributed by atoms with van der Waals surface area (Å²) in [5.74, 6) is 0.879. The van der Waals surface area contributed by atoms with E-state index in [9.17, 15) is 9.59 Å². The summed E-state index contributed by atoms with van der Waals surface area (Å²) in [5.41, 5.74) is 0.537. The molecule has 0 N–H and O–H groups in total. The molecule has 7 heteroatoms. The van der Waals surface area contributed by atoms with Gasteiger partial charge in [0.15, 0.2) is 13.0 Å². The minimum absolute atomic E-state index is 0.149. The van der Waals surface area contributed by atoms with Crippen LogP contribution in [0.25, 0.3) is 10.9 Å². The molecule has 0 aliphatic rings. The van der Waals surface area contributed by atoms with Gasteiger partial charge in [-0.2, -0.15) is 4.68 Å². The van der Waals surface area contributed by atoms with Crippen LogP contribution in [0.2, 0.25) is 0 Å². The SMILES string of the molecule is COc1ccc(OCn2nnc3ccccc3c2=O)c(C=O)c1. The Morgan fingerprint density at radius 2 is 2.04 bits per heavy atom. The van der Waals surface area contributed by atoms with Crippen molar-refractivity contribution in [2.75, 3.05) is 7.11 Å². The fourth-order valence-electron chi connectivity index (χ4n) is 2.12. The monoisotopic (exact) mass is 311 g/mol. The number of ether oxygens (including phenoxy) is 2. The van der Waals surface area contributed by atoms with Crippen molar-refractivity contribution < 1.29 is 14.3 Å². The van der Waals surface area contributed by atoms with Gasteiger partial charge in [-0.15, -0.1) is 5.10 Å². The van der Waals surface area contributed by atoms with Gasteiger partial charge >= 0.3 is 0 Å². The van der Waals surface area contributed by atoms with Gasteiger partial charge in [-0.3, -0.25) is 9.59 Å². The van der Waals surface area contributed by atoms with Gasteiger partial charge in [0.1, 0.15) is 17.0 Å². The first-order valence-electron chi connectivity index (χ1n) is 6.81. The lowest BCUT2D eigenvalue weighted by atomic mass is 10.2. The Morgan fingerprint density at radius 3 is 2.83 bits per heavy atom. The van der Waals surface area contributed by atoms with Crippen molar-refractivity contribution in [1.82, 2.24) is 15.0 Å². The molecule has 0 amide bonds. The zero-order chi connectivity index (χ0) is 16.2. The summed E-state index contributed by atoms with van der Waals surface area (Å²) in [4.78, 5) is 23.4. The summed E-state index contributed by atoms with van der Waals surface area (Å²) in [6.07, 6.45) is 0.659. The van der Waals surface area contributed by atoms with Crippen molar-refractivity contribution in [2.45, 2.75) is 6.73 Å². The van der Waals surface area contributed by atoms with Crippen molar-refractivity contribution in [3.05, 3.63) is 58.4 Å². The van der Waals surface area contributed by atoms with Gasteiger partial charge in [0.2, 0.25) is 0 Å². The third-order valence-electron chi connectivity index (χ3n) is 3.32. The van der Waals surface area contributed by atoms with E-state index in [4.69, 9.17) is 9.47 Å². The first-order valence-corrected chi connectivity index (χ1v) is 6.81. The van der Waals surface area contributed by atoms with Crippen LogP contribution in [0.4, 0.5) is 0 Å². The smallest absolute Gasteiger partial charge is 0.280 e. The maximum atomic E-state index is 12.3. The molecule has 116 valence electrons. The molecule has 0 spiro atoms. The number of carbonyl (C=O) groups is 1. The van der Waals surface area contributed by atoms with Crippen LogP contribution in [0.3, 0.4) is 0 Å². The number of hydrogen-bond acceptors (Lipinski definition) is 6. The Labute approximate surface area is 131 Å². The zero-order valence-corrected chi connectivity index (χ0v) is 12.3. The van der Waals surface area contributed by atoms with Crippen molar-refractivity contribution in [3.63, 3.8) is 0 Å². The van der Waals surface area contributed by atoms with Crippen LogP contribution in [0.1, 0.15) is 10.4 Å². The second-order valence-electron chi connectivity index (χ2n) is 4.71. The second-order valence-corrected chi connectivity index (χ2v) is 4.71. The number of hydrogen-bond donors (Lipinski definition) is 0. The Bertz CT molecular complexity index is 921. The van der Waals surface area contributed by atoms with Crippen LogP contribution in [0.15, 0.2) is 47.3 Å². The molecule has 3 rings (SSSR count). The Morgan fingerprint density at radius 1 is 1.22 bits per heavy atom. The summed E-state index contributed by atoms with van der Waals surface area (Å²) in [6, 6.07) is 11.7. The van der Waals surface area contributed by atoms with Gasteiger partial charge in [-0.25, -0.2) is 0 Å². The number of fused-ring (bicyclic) bond motifs is 1. The molecule has 0 fully saturated rings. The largest absolute Gasteiger partial charge is 0.497 e. The van der Waals surface area contributed by atoms with Crippen LogP contribution >= 0.6 is 0 Å². The second kappa shape index (κ2) is 6.27. The summed E-state index contributed by atoms with van der Waals surface area (Å²) in [6.45, 7) is -0.149. The zero-order valence-electron chi connectivity index (χ0n) is 12.3. The molecular formula is C16H13N3O4. The number of methoxy groups -OCH3 is 1. The van der Waals surface area contributed by atoms with Crippen LogP contribution in [0.5, 0.6) is 11.5 Å². The Kier molecular flexibility index (Phi) is 4.01. The quantitative estimate of drug-likeness (QED) is 0.666. The van der Waals surface area contributed by atoms with Crippen LogP contribution in [0, 0.1) is 0 Å². The van der Waals surface area contributed by atoms with E-state index < -0.39 is 0 Å². The average Bonchev–Trinajstić information content (AvgIpc) is 2.61. The van der Waals surface area contributed by atoms with E-state index in [0.717, 1.165) is 4.68 Å². The van der Waals surface area contributed by atoms with E-state index in [1.165, 1.54) is 7.11 Å². The van der Waals surface area contributed by atoms with Crippen LogP contribution in [-0.2, 0) is 6.73 Å². The number of nitrogens with zero attached hydrogens (tertiary/aromatic N) is 3. The molecule has 0 bridgehead atoms. The third-order valence-corrected chi connectivity index (χ3v) is 3.32. The van der Waals surface area contributed by atoms with Gasteiger partial charge in [0.05, 0.1) is 18.1 Å². The lowest BCUT2D eigenvalue weighted by Crippen LogP contribution is -2.26. The van der Waals surface area contributed by atoms with E-state index in [1.54, 1.807) is 42.5 Å².